The molecule has 28 heavy (non-hydrogen) atoms. The van der Waals surface area contributed by atoms with E-state index < -0.39 is 6.04 Å². The molecule has 1 aromatic rings. The average molecular weight is 386 g/mol. The maximum absolute atomic E-state index is 13.0. The zero-order chi connectivity index (χ0) is 20.3. The molecule has 152 valence electrons. The summed E-state index contributed by atoms with van der Waals surface area (Å²) < 4.78 is 10.7. The van der Waals surface area contributed by atoms with Crippen molar-refractivity contribution in [2.24, 2.45) is 11.8 Å². The molecule has 0 spiro atoms. The Morgan fingerprint density at radius 2 is 1.89 bits per heavy atom. The third-order valence-electron chi connectivity index (χ3n) is 4.99. The Labute approximate surface area is 166 Å². The van der Waals surface area contributed by atoms with Crippen LogP contribution >= 0.6 is 0 Å². The van der Waals surface area contributed by atoms with Crippen LogP contribution in [0.15, 0.2) is 24.3 Å². The zero-order valence-corrected chi connectivity index (χ0v) is 17.1. The lowest BCUT2D eigenvalue weighted by atomic mass is 9.95. The molecule has 2 aliphatic heterocycles. The smallest absolute Gasteiger partial charge is 0.247 e. The molecule has 3 rings (SSSR count). The van der Waals surface area contributed by atoms with Crippen LogP contribution in [-0.4, -0.2) is 42.1 Å². The van der Waals surface area contributed by atoms with Crippen molar-refractivity contribution in [2.45, 2.75) is 52.6 Å². The van der Waals surface area contributed by atoms with Crippen LogP contribution in [0.5, 0.6) is 11.5 Å². The van der Waals surface area contributed by atoms with Gasteiger partial charge in [-0.25, -0.2) is 0 Å². The van der Waals surface area contributed by atoms with E-state index in [0.717, 1.165) is 12.0 Å². The van der Waals surface area contributed by atoms with E-state index in [4.69, 9.17) is 9.47 Å². The Bertz CT molecular complexity index is 757. The highest BCUT2D eigenvalue weighted by atomic mass is 16.7. The molecule has 0 aromatic heterocycles. The summed E-state index contributed by atoms with van der Waals surface area (Å²) in [7, 11) is 0. The lowest BCUT2D eigenvalue weighted by molar-refractivity contribution is -0.142. The number of rotatable bonds is 6. The molecule has 0 radical (unpaired) electrons. The first-order chi connectivity index (χ1) is 13.3. The Kier molecular flexibility index (Phi) is 6.27. The van der Waals surface area contributed by atoms with Crippen molar-refractivity contribution in [3.05, 3.63) is 29.8 Å². The minimum Gasteiger partial charge on any atom is -0.454 e. The van der Waals surface area contributed by atoms with Crippen LogP contribution in [0.4, 0.5) is 0 Å². The number of ether oxygens (including phenoxy) is 2. The number of nitrogens with one attached hydrogen (secondary N) is 1. The second kappa shape index (κ2) is 8.67. The van der Waals surface area contributed by atoms with Crippen molar-refractivity contribution in [1.29, 1.82) is 0 Å². The van der Waals surface area contributed by atoms with Gasteiger partial charge in [0.2, 0.25) is 18.6 Å². The van der Waals surface area contributed by atoms with Gasteiger partial charge in [0.15, 0.2) is 11.5 Å². The van der Waals surface area contributed by atoms with Gasteiger partial charge in [-0.2, -0.15) is 0 Å². The molecule has 0 aliphatic carbocycles. The van der Waals surface area contributed by atoms with Crippen molar-refractivity contribution in [1.82, 2.24) is 10.2 Å². The fourth-order valence-corrected chi connectivity index (χ4v) is 3.76. The molecule has 0 saturated carbocycles. The monoisotopic (exact) mass is 386 g/mol. The second-order valence-electron chi connectivity index (χ2n) is 8.42. The van der Waals surface area contributed by atoms with Gasteiger partial charge in [0.25, 0.3) is 0 Å². The van der Waals surface area contributed by atoms with E-state index in [2.05, 4.69) is 33.0 Å². The summed E-state index contributed by atoms with van der Waals surface area (Å²) in [6.45, 7) is 9.15. The van der Waals surface area contributed by atoms with E-state index in [1.165, 1.54) is 0 Å². The number of hydrogen-bond donors (Lipinski definition) is 1. The van der Waals surface area contributed by atoms with Crippen molar-refractivity contribution in [3.63, 3.8) is 0 Å². The minimum atomic E-state index is -0.419. The van der Waals surface area contributed by atoms with Gasteiger partial charge in [0, 0.05) is 18.7 Å². The standard InChI is InChI=1S/C22H30N2O4/c1-14(2)9-17-12-24(18(10-15(3)4)22(26)23-17)21(25)8-6-16-5-7-19-20(11-16)28-13-27-19/h5-8,11,14-15,17-18H,9-10,12-13H2,1-4H3,(H,23,26)/t17-,18-/m0/s1. The highest BCUT2D eigenvalue weighted by Crippen LogP contribution is 2.32. The quantitative estimate of drug-likeness (QED) is 0.763. The predicted molar refractivity (Wildman–Crippen MR) is 108 cm³/mol. The van der Waals surface area contributed by atoms with E-state index >= 15 is 0 Å². The van der Waals surface area contributed by atoms with Gasteiger partial charge in [-0.05, 0) is 48.4 Å². The van der Waals surface area contributed by atoms with Gasteiger partial charge < -0.3 is 19.7 Å². The molecule has 6 heteroatoms. The zero-order valence-electron chi connectivity index (χ0n) is 17.1. The lowest BCUT2D eigenvalue weighted by Crippen LogP contribution is -2.61. The predicted octanol–water partition coefficient (Wildman–Crippen LogP) is 3.22. The molecule has 1 aromatic carbocycles. The normalized spacial score (nSPS) is 21.6. The van der Waals surface area contributed by atoms with Crippen LogP contribution in [0.2, 0.25) is 0 Å². The summed E-state index contributed by atoms with van der Waals surface area (Å²) in [4.78, 5) is 27.4. The van der Waals surface area contributed by atoms with E-state index in [0.29, 0.717) is 36.3 Å². The van der Waals surface area contributed by atoms with E-state index in [1.807, 2.05) is 18.2 Å². The molecule has 2 heterocycles. The van der Waals surface area contributed by atoms with Crippen LogP contribution in [0.25, 0.3) is 6.08 Å². The molecule has 0 bridgehead atoms. The minimum absolute atomic E-state index is 0.00111. The van der Waals surface area contributed by atoms with Crippen LogP contribution in [0.1, 0.15) is 46.1 Å². The summed E-state index contributed by atoms with van der Waals surface area (Å²) in [5.74, 6) is 1.99. The van der Waals surface area contributed by atoms with Crippen LogP contribution in [-0.2, 0) is 9.59 Å². The second-order valence-corrected chi connectivity index (χ2v) is 8.42. The van der Waals surface area contributed by atoms with Gasteiger partial charge in [-0.3, -0.25) is 9.59 Å². The summed E-state index contributed by atoms with van der Waals surface area (Å²) in [6.07, 6.45) is 4.83. The lowest BCUT2D eigenvalue weighted by Gasteiger charge is -2.40. The Hall–Kier alpha value is -2.50. The third kappa shape index (κ3) is 4.86. The molecule has 1 fully saturated rings. The van der Waals surface area contributed by atoms with Gasteiger partial charge in [0.05, 0.1) is 0 Å². The fourth-order valence-electron chi connectivity index (χ4n) is 3.76. The first-order valence-corrected chi connectivity index (χ1v) is 10.0. The topological polar surface area (TPSA) is 67.9 Å². The number of fused-ring (bicyclic) bond motifs is 1. The average Bonchev–Trinajstić information content (AvgIpc) is 3.08. The maximum atomic E-state index is 13.0. The molecule has 1 N–H and O–H groups in total. The summed E-state index contributed by atoms with van der Waals surface area (Å²) in [6, 6.07) is 5.15. The molecule has 0 unspecified atom stereocenters. The summed E-state index contributed by atoms with van der Waals surface area (Å²) in [5.41, 5.74) is 0.859. The number of benzene rings is 1. The van der Waals surface area contributed by atoms with Gasteiger partial charge in [-0.15, -0.1) is 0 Å². The van der Waals surface area contributed by atoms with E-state index in [9.17, 15) is 9.59 Å². The van der Waals surface area contributed by atoms with Gasteiger partial charge >= 0.3 is 0 Å². The molecular weight excluding hydrogens is 356 g/mol. The first kappa shape index (κ1) is 20.2. The number of piperazine rings is 1. The van der Waals surface area contributed by atoms with Crippen LogP contribution in [0, 0.1) is 11.8 Å². The SMILES string of the molecule is CC(C)C[C@H]1CN(C(=O)C=Cc2ccc3c(c2)OCO3)[C@@H](CC(C)C)C(=O)N1. The van der Waals surface area contributed by atoms with Crippen LogP contribution in [0.3, 0.4) is 0 Å². The Balaban J connectivity index is 1.75. The number of amides is 2. The van der Waals surface area contributed by atoms with E-state index in [1.54, 1.807) is 17.1 Å². The molecule has 1 saturated heterocycles. The van der Waals surface area contributed by atoms with Gasteiger partial charge in [0.1, 0.15) is 6.04 Å². The first-order valence-electron chi connectivity index (χ1n) is 10.0. The summed E-state index contributed by atoms with van der Waals surface area (Å²) >= 11 is 0. The number of hydrogen-bond acceptors (Lipinski definition) is 4. The van der Waals surface area contributed by atoms with Crippen molar-refractivity contribution >= 4 is 17.9 Å². The highest BCUT2D eigenvalue weighted by molar-refractivity contribution is 5.96. The number of carbonyl (C=O) groups is 2. The Morgan fingerprint density at radius 3 is 2.61 bits per heavy atom. The number of carbonyl (C=O) groups excluding carboxylic acids is 2. The third-order valence-corrected chi connectivity index (χ3v) is 4.99. The summed E-state index contributed by atoms with van der Waals surface area (Å²) in [5, 5.41) is 3.10. The van der Waals surface area contributed by atoms with Gasteiger partial charge in [-0.1, -0.05) is 33.8 Å². The fraction of sp³-hybridized carbons (Fsp3) is 0.545. The maximum Gasteiger partial charge on any atom is 0.247 e. The van der Waals surface area contributed by atoms with Crippen LogP contribution < -0.4 is 14.8 Å². The molecule has 6 nitrogen and oxygen atoms in total. The Morgan fingerprint density at radius 1 is 1.18 bits per heavy atom. The molecule has 2 atom stereocenters. The molecule has 2 aliphatic rings. The van der Waals surface area contributed by atoms with Crippen molar-refractivity contribution in [2.75, 3.05) is 13.3 Å². The molecule has 2 amide bonds. The highest BCUT2D eigenvalue weighted by Gasteiger charge is 2.36. The molecular formula is C22H30N2O4. The van der Waals surface area contributed by atoms with Crippen molar-refractivity contribution < 1.29 is 19.1 Å². The van der Waals surface area contributed by atoms with Crippen molar-refractivity contribution in [3.8, 4) is 11.5 Å². The van der Waals surface area contributed by atoms with E-state index in [-0.39, 0.29) is 24.6 Å². The largest absolute Gasteiger partial charge is 0.454 e. The number of nitrogens with zero attached hydrogens (tertiary/aromatic N) is 1.